The summed E-state index contributed by atoms with van der Waals surface area (Å²) in [5, 5.41) is 0. The fraction of sp³-hybridized carbons (Fsp3) is 0.909. The molecule has 4 aliphatic carbocycles. The van der Waals surface area contributed by atoms with Crippen molar-refractivity contribution in [1.82, 2.24) is 0 Å². The van der Waals surface area contributed by atoms with Gasteiger partial charge in [0.25, 0.3) is 0 Å². The lowest BCUT2D eigenvalue weighted by molar-refractivity contribution is -0.134. The molecule has 4 fully saturated rings. The topological polar surface area (TPSA) is 35.5 Å². The molecule has 5 unspecified atom stereocenters. The van der Waals surface area contributed by atoms with Gasteiger partial charge in [-0.1, -0.05) is 0 Å². The molecule has 0 radical (unpaired) electrons. The van der Waals surface area contributed by atoms with Crippen LogP contribution in [0.5, 0.6) is 0 Å². The van der Waals surface area contributed by atoms with Crippen LogP contribution in [-0.2, 0) is 14.3 Å². The Morgan fingerprint density at radius 2 is 2.07 bits per heavy atom. The molecule has 0 amide bonds. The predicted octanol–water partition coefficient (Wildman–Crippen LogP) is 1.22. The fourth-order valence-corrected chi connectivity index (χ4v) is 3.79. The average molecular weight is 196 g/mol. The van der Waals surface area contributed by atoms with E-state index in [1.54, 1.807) is 7.11 Å². The molecular weight excluding hydrogens is 180 g/mol. The first-order chi connectivity index (χ1) is 6.81. The van der Waals surface area contributed by atoms with E-state index >= 15 is 0 Å². The number of ether oxygens (including phenoxy) is 2. The third-order valence-corrected chi connectivity index (χ3v) is 4.22. The van der Waals surface area contributed by atoms with Gasteiger partial charge in [0.1, 0.15) is 12.6 Å². The SMILES string of the molecule is COCOC1C2CC3CC(C2=O)C1C3. The smallest absolute Gasteiger partial charge is 0.146 e. The molecule has 4 aliphatic rings. The van der Waals surface area contributed by atoms with Gasteiger partial charge in [-0.2, -0.15) is 0 Å². The van der Waals surface area contributed by atoms with E-state index in [-0.39, 0.29) is 12.0 Å². The Morgan fingerprint density at radius 1 is 1.29 bits per heavy atom. The summed E-state index contributed by atoms with van der Waals surface area (Å²) in [4.78, 5) is 11.9. The van der Waals surface area contributed by atoms with E-state index in [1.807, 2.05) is 0 Å². The number of carbonyl (C=O) groups excluding carboxylic acids is 1. The highest BCUT2D eigenvalue weighted by Gasteiger charge is 2.59. The van der Waals surface area contributed by atoms with Crippen LogP contribution in [-0.4, -0.2) is 25.8 Å². The van der Waals surface area contributed by atoms with Crippen molar-refractivity contribution in [3.63, 3.8) is 0 Å². The van der Waals surface area contributed by atoms with Crippen LogP contribution in [0.3, 0.4) is 0 Å². The van der Waals surface area contributed by atoms with E-state index in [1.165, 1.54) is 6.42 Å². The van der Waals surface area contributed by atoms with Crippen LogP contribution in [0.25, 0.3) is 0 Å². The molecule has 0 aromatic carbocycles. The minimum atomic E-state index is 0.172. The number of Topliss-reactive ketones (excluding diaryl/α,β-unsaturated/α-hetero) is 1. The van der Waals surface area contributed by atoms with Gasteiger partial charge in [-0.25, -0.2) is 0 Å². The molecule has 14 heavy (non-hydrogen) atoms. The number of hydrogen-bond acceptors (Lipinski definition) is 3. The third-order valence-electron chi connectivity index (χ3n) is 4.22. The van der Waals surface area contributed by atoms with Crippen LogP contribution >= 0.6 is 0 Å². The quantitative estimate of drug-likeness (QED) is 0.637. The van der Waals surface area contributed by atoms with Crippen LogP contribution in [0.15, 0.2) is 0 Å². The molecule has 0 saturated heterocycles. The minimum Gasteiger partial charge on any atom is -0.359 e. The van der Waals surface area contributed by atoms with E-state index in [2.05, 4.69) is 0 Å². The summed E-state index contributed by atoms with van der Waals surface area (Å²) in [6, 6.07) is 0. The molecule has 3 nitrogen and oxygen atoms in total. The van der Waals surface area contributed by atoms with Gasteiger partial charge in [0, 0.05) is 18.9 Å². The predicted molar refractivity (Wildman–Crippen MR) is 49.6 cm³/mol. The minimum absolute atomic E-state index is 0.172. The molecule has 4 rings (SSSR count). The van der Waals surface area contributed by atoms with E-state index in [0.29, 0.717) is 24.4 Å². The number of rotatable bonds is 3. The summed E-state index contributed by atoms with van der Waals surface area (Å²) >= 11 is 0. The molecule has 0 aliphatic heterocycles. The van der Waals surface area contributed by atoms with Gasteiger partial charge in [-0.15, -0.1) is 0 Å². The van der Waals surface area contributed by atoms with Gasteiger partial charge in [-0.3, -0.25) is 4.79 Å². The maximum atomic E-state index is 11.9. The van der Waals surface area contributed by atoms with Crippen molar-refractivity contribution >= 4 is 5.78 Å². The lowest BCUT2D eigenvalue weighted by Gasteiger charge is -2.30. The zero-order valence-corrected chi connectivity index (χ0v) is 8.44. The average Bonchev–Trinajstić information content (AvgIpc) is 2.59. The zero-order chi connectivity index (χ0) is 9.71. The van der Waals surface area contributed by atoms with E-state index in [0.717, 1.165) is 18.8 Å². The highest BCUT2D eigenvalue weighted by molar-refractivity contribution is 5.88. The Labute approximate surface area is 83.8 Å². The number of methoxy groups -OCH3 is 1. The van der Waals surface area contributed by atoms with Gasteiger partial charge in [0.2, 0.25) is 0 Å². The molecule has 78 valence electrons. The molecule has 4 saturated carbocycles. The summed E-state index contributed by atoms with van der Waals surface area (Å²) in [5.41, 5.74) is 0. The summed E-state index contributed by atoms with van der Waals surface area (Å²) < 4.78 is 10.6. The molecule has 3 heteroatoms. The van der Waals surface area contributed by atoms with Crippen molar-refractivity contribution < 1.29 is 14.3 Å². The van der Waals surface area contributed by atoms with Crippen molar-refractivity contribution in [3.8, 4) is 0 Å². The summed E-state index contributed by atoms with van der Waals surface area (Å²) in [6.07, 6.45) is 3.58. The first-order valence-electron chi connectivity index (χ1n) is 5.45. The number of hydrogen-bond donors (Lipinski definition) is 0. The highest BCUT2D eigenvalue weighted by Crippen LogP contribution is 2.57. The van der Waals surface area contributed by atoms with Crippen molar-refractivity contribution in [2.45, 2.75) is 25.4 Å². The maximum absolute atomic E-state index is 11.9. The van der Waals surface area contributed by atoms with Gasteiger partial charge in [-0.05, 0) is 31.1 Å². The molecule has 0 spiro atoms. The van der Waals surface area contributed by atoms with Crippen LogP contribution in [0.4, 0.5) is 0 Å². The molecule has 4 bridgehead atoms. The Morgan fingerprint density at radius 3 is 2.79 bits per heavy atom. The summed E-state index contributed by atoms with van der Waals surface area (Å²) in [6.45, 7) is 0.336. The van der Waals surface area contributed by atoms with Gasteiger partial charge < -0.3 is 9.47 Å². The second-order valence-electron chi connectivity index (χ2n) is 4.89. The van der Waals surface area contributed by atoms with Crippen LogP contribution in [0, 0.1) is 23.7 Å². The van der Waals surface area contributed by atoms with Gasteiger partial charge in [0.05, 0.1) is 6.10 Å². The lowest BCUT2D eigenvalue weighted by atomic mass is 9.80. The van der Waals surface area contributed by atoms with Crippen molar-refractivity contribution in [2.75, 3.05) is 13.9 Å². The lowest BCUT2D eigenvalue weighted by Crippen LogP contribution is -2.33. The Bertz CT molecular complexity index is 263. The van der Waals surface area contributed by atoms with Crippen molar-refractivity contribution in [2.24, 2.45) is 23.7 Å². The first-order valence-corrected chi connectivity index (χ1v) is 5.45. The van der Waals surface area contributed by atoms with E-state index in [4.69, 9.17) is 9.47 Å². The standard InChI is InChI=1S/C11H16O3/c1-13-5-14-11-8-3-6-2-7(8)10(12)9(11)4-6/h6-9,11H,2-5H2,1H3. The molecular formula is C11H16O3. The van der Waals surface area contributed by atoms with Crippen LogP contribution < -0.4 is 0 Å². The third kappa shape index (κ3) is 1.03. The van der Waals surface area contributed by atoms with Crippen molar-refractivity contribution in [1.29, 1.82) is 0 Å². The zero-order valence-electron chi connectivity index (χ0n) is 8.44. The fourth-order valence-electron chi connectivity index (χ4n) is 3.79. The largest absolute Gasteiger partial charge is 0.359 e. The summed E-state index contributed by atoms with van der Waals surface area (Å²) in [7, 11) is 1.63. The number of ketones is 1. The van der Waals surface area contributed by atoms with Gasteiger partial charge >= 0.3 is 0 Å². The second kappa shape index (κ2) is 3.04. The van der Waals surface area contributed by atoms with Crippen molar-refractivity contribution in [3.05, 3.63) is 0 Å². The second-order valence-corrected chi connectivity index (χ2v) is 4.89. The molecule has 0 N–H and O–H groups in total. The van der Waals surface area contributed by atoms with E-state index < -0.39 is 0 Å². The Hall–Kier alpha value is -0.410. The Balaban J connectivity index is 1.78. The maximum Gasteiger partial charge on any atom is 0.146 e. The van der Waals surface area contributed by atoms with Crippen LogP contribution in [0.1, 0.15) is 19.3 Å². The van der Waals surface area contributed by atoms with Gasteiger partial charge in [0.15, 0.2) is 0 Å². The molecule has 0 aromatic rings. The summed E-state index contributed by atoms with van der Waals surface area (Å²) in [5.74, 6) is 2.34. The van der Waals surface area contributed by atoms with E-state index in [9.17, 15) is 4.79 Å². The number of carbonyl (C=O) groups is 1. The monoisotopic (exact) mass is 196 g/mol. The molecule has 0 aromatic heterocycles. The Kier molecular flexibility index (Phi) is 1.92. The molecule has 0 heterocycles. The highest BCUT2D eigenvalue weighted by atomic mass is 16.7. The normalized spacial score (nSPS) is 49.2. The van der Waals surface area contributed by atoms with Crippen LogP contribution in [0.2, 0.25) is 0 Å². The molecule has 5 atom stereocenters. The first kappa shape index (κ1) is 8.86.